The maximum atomic E-state index is 10.8. The van der Waals surface area contributed by atoms with Crippen molar-refractivity contribution >= 4 is 22.4 Å². The van der Waals surface area contributed by atoms with E-state index in [2.05, 4.69) is 22.2 Å². The Kier molecular flexibility index (Phi) is 4.73. The molecule has 1 aliphatic rings. The molecule has 1 unspecified atom stereocenters. The number of carboxylic acid groups (broad SMARTS) is 1. The Hall–Kier alpha value is -1.18. The van der Waals surface area contributed by atoms with Crippen LogP contribution in [0.3, 0.4) is 0 Å². The van der Waals surface area contributed by atoms with Gasteiger partial charge in [0.25, 0.3) is 0 Å². The number of likely N-dealkylation sites (tertiary alicyclic amines) is 1. The van der Waals surface area contributed by atoms with Gasteiger partial charge in [-0.2, -0.15) is 0 Å². The number of anilines is 1. The Balaban J connectivity index is 1.82. The number of rotatable bonds is 5. The second kappa shape index (κ2) is 6.31. The lowest BCUT2D eigenvalue weighted by Crippen LogP contribution is -2.32. The van der Waals surface area contributed by atoms with Gasteiger partial charge in [-0.1, -0.05) is 0 Å². The van der Waals surface area contributed by atoms with Gasteiger partial charge < -0.3 is 21.1 Å². The Labute approximate surface area is 116 Å². The van der Waals surface area contributed by atoms with E-state index in [1.54, 1.807) is 5.38 Å². The van der Waals surface area contributed by atoms with Crippen molar-refractivity contribution in [3.8, 4) is 0 Å². The van der Waals surface area contributed by atoms with Crippen molar-refractivity contribution < 1.29 is 9.90 Å². The summed E-state index contributed by atoms with van der Waals surface area (Å²) < 4.78 is 0. The van der Waals surface area contributed by atoms with Crippen LogP contribution in [0, 0.1) is 5.92 Å². The topological polar surface area (TPSA) is 91.5 Å². The van der Waals surface area contributed by atoms with Crippen molar-refractivity contribution in [2.75, 3.05) is 32.0 Å². The zero-order valence-electron chi connectivity index (χ0n) is 11.0. The summed E-state index contributed by atoms with van der Waals surface area (Å²) in [4.78, 5) is 17.3. The highest BCUT2D eigenvalue weighted by molar-refractivity contribution is 7.13. The van der Waals surface area contributed by atoms with Crippen molar-refractivity contribution in [3.63, 3.8) is 0 Å². The van der Waals surface area contributed by atoms with Crippen LogP contribution in [0.4, 0.5) is 5.13 Å². The highest BCUT2D eigenvalue weighted by Crippen LogP contribution is 2.22. The largest absolute Gasteiger partial charge is 0.480 e. The molecule has 1 aromatic rings. The molecule has 0 aromatic carbocycles. The van der Waals surface area contributed by atoms with Crippen LogP contribution in [0.5, 0.6) is 0 Å². The molecule has 0 bridgehead atoms. The summed E-state index contributed by atoms with van der Waals surface area (Å²) in [6.07, 6.45) is 2.38. The van der Waals surface area contributed by atoms with Gasteiger partial charge in [0, 0.05) is 11.9 Å². The van der Waals surface area contributed by atoms with Crippen LogP contribution in [0.2, 0.25) is 0 Å². The molecule has 1 aliphatic heterocycles. The number of nitrogens with zero attached hydrogens (tertiary/aromatic N) is 2. The number of thiazole rings is 1. The van der Waals surface area contributed by atoms with Crippen molar-refractivity contribution in [3.05, 3.63) is 11.1 Å². The third-order valence-corrected chi connectivity index (χ3v) is 4.30. The minimum absolute atomic E-state index is 0.420. The number of piperidine rings is 1. The van der Waals surface area contributed by atoms with Crippen LogP contribution in [0.15, 0.2) is 5.38 Å². The smallest absolute Gasteiger partial charge is 0.326 e. The lowest BCUT2D eigenvalue weighted by atomic mass is 9.97. The third-order valence-electron chi connectivity index (χ3n) is 3.49. The van der Waals surface area contributed by atoms with Gasteiger partial charge in [0.2, 0.25) is 0 Å². The first-order valence-electron chi connectivity index (χ1n) is 6.42. The minimum Gasteiger partial charge on any atom is -0.480 e. The van der Waals surface area contributed by atoms with Crippen LogP contribution in [-0.2, 0) is 4.79 Å². The van der Waals surface area contributed by atoms with Crippen LogP contribution < -0.4 is 11.1 Å². The quantitative estimate of drug-likeness (QED) is 0.746. The standard InChI is InChI=1S/C12H20N4O2S/c1-16-4-2-8(3-5-16)6-14-12-15-9(7-19-12)10(13)11(17)18/h7-8,10H,2-6,13H2,1H3,(H,14,15)(H,17,18). The molecule has 1 aromatic heterocycles. The van der Waals surface area contributed by atoms with E-state index in [0.29, 0.717) is 11.6 Å². The van der Waals surface area contributed by atoms with E-state index >= 15 is 0 Å². The summed E-state index contributed by atoms with van der Waals surface area (Å²) in [5, 5.41) is 14.6. The number of nitrogens with one attached hydrogen (secondary N) is 1. The fourth-order valence-electron chi connectivity index (χ4n) is 2.13. The van der Waals surface area contributed by atoms with Gasteiger partial charge in [-0.25, -0.2) is 4.98 Å². The van der Waals surface area contributed by atoms with E-state index in [1.807, 2.05) is 0 Å². The SMILES string of the molecule is CN1CCC(CNc2nc(C(N)C(=O)O)cs2)CC1. The molecule has 106 valence electrons. The van der Waals surface area contributed by atoms with E-state index in [9.17, 15) is 4.79 Å². The molecule has 0 saturated carbocycles. The van der Waals surface area contributed by atoms with Gasteiger partial charge >= 0.3 is 5.97 Å². The first-order chi connectivity index (χ1) is 9.06. The van der Waals surface area contributed by atoms with Gasteiger partial charge in [0.15, 0.2) is 5.13 Å². The number of hydrogen-bond donors (Lipinski definition) is 3. The maximum absolute atomic E-state index is 10.8. The summed E-state index contributed by atoms with van der Waals surface area (Å²) in [5.41, 5.74) is 5.94. The predicted octanol–water partition coefficient (Wildman–Crippen LogP) is 0.981. The number of carbonyl (C=O) groups is 1. The molecule has 7 heteroatoms. The molecule has 0 amide bonds. The van der Waals surface area contributed by atoms with E-state index < -0.39 is 12.0 Å². The average Bonchev–Trinajstić information content (AvgIpc) is 2.86. The fourth-order valence-corrected chi connectivity index (χ4v) is 2.89. The number of hydrogen-bond acceptors (Lipinski definition) is 6. The molecule has 2 rings (SSSR count). The van der Waals surface area contributed by atoms with Gasteiger partial charge in [0.1, 0.15) is 6.04 Å². The second-order valence-electron chi connectivity index (χ2n) is 5.02. The Morgan fingerprint density at radius 2 is 2.37 bits per heavy atom. The first kappa shape index (κ1) is 14.2. The Morgan fingerprint density at radius 1 is 1.68 bits per heavy atom. The molecule has 19 heavy (non-hydrogen) atoms. The fraction of sp³-hybridized carbons (Fsp3) is 0.667. The van der Waals surface area contributed by atoms with Crippen molar-refractivity contribution in [1.29, 1.82) is 0 Å². The number of aliphatic carboxylic acids is 1. The van der Waals surface area contributed by atoms with Gasteiger partial charge in [-0.05, 0) is 38.9 Å². The van der Waals surface area contributed by atoms with Crippen molar-refractivity contribution in [2.24, 2.45) is 11.7 Å². The normalized spacial score (nSPS) is 19.3. The predicted molar refractivity (Wildman–Crippen MR) is 75.4 cm³/mol. The Morgan fingerprint density at radius 3 is 3.00 bits per heavy atom. The molecule has 1 saturated heterocycles. The lowest BCUT2D eigenvalue weighted by molar-refractivity contribution is -0.138. The van der Waals surface area contributed by atoms with Crippen LogP contribution in [-0.4, -0.2) is 47.6 Å². The summed E-state index contributed by atoms with van der Waals surface area (Å²) in [7, 11) is 2.14. The van der Waals surface area contributed by atoms with E-state index in [4.69, 9.17) is 10.8 Å². The molecule has 6 nitrogen and oxygen atoms in total. The summed E-state index contributed by atoms with van der Waals surface area (Å²) >= 11 is 1.41. The lowest BCUT2D eigenvalue weighted by Gasteiger charge is -2.28. The third kappa shape index (κ3) is 3.89. The maximum Gasteiger partial charge on any atom is 0.326 e. The highest BCUT2D eigenvalue weighted by atomic mass is 32.1. The molecule has 1 atom stereocenters. The first-order valence-corrected chi connectivity index (χ1v) is 7.30. The summed E-state index contributed by atoms with van der Waals surface area (Å²) in [6.45, 7) is 3.17. The van der Waals surface area contributed by atoms with E-state index in [0.717, 1.165) is 24.8 Å². The second-order valence-corrected chi connectivity index (χ2v) is 5.88. The number of aromatic nitrogens is 1. The molecule has 0 aliphatic carbocycles. The average molecular weight is 284 g/mol. The molecule has 1 fully saturated rings. The minimum atomic E-state index is -1.05. The van der Waals surface area contributed by atoms with Crippen molar-refractivity contribution in [1.82, 2.24) is 9.88 Å². The van der Waals surface area contributed by atoms with Gasteiger partial charge in [-0.15, -0.1) is 11.3 Å². The van der Waals surface area contributed by atoms with E-state index in [-0.39, 0.29) is 0 Å². The zero-order valence-corrected chi connectivity index (χ0v) is 11.8. The summed E-state index contributed by atoms with van der Waals surface area (Å²) in [5.74, 6) is -0.385. The molecular weight excluding hydrogens is 264 g/mol. The zero-order chi connectivity index (χ0) is 13.8. The molecule has 0 spiro atoms. The highest BCUT2D eigenvalue weighted by Gasteiger charge is 2.19. The molecule has 0 radical (unpaired) electrons. The number of nitrogens with two attached hydrogens (primary N) is 1. The van der Waals surface area contributed by atoms with Gasteiger partial charge in [0.05, 0.1) is 5.69 Å². The molecule has 2 heterocycles. The van der Waals surface area contributed by atoms with Crippen LogP contribution in [0.1, 0.15) is 24.6 Å². The van der Waals surface area contributed by atoms with Crippen molar-refractivity contribution in [2.45, 2.75) is 18.9 Å². The van der Waals surface area contributed by atoms with Gasteiger partial charge in [-0.3, -0.25) is 4.79 Å². The van der Waals surface area contributed by atoms with Crippen LogP contribution in [0.25, 0.3) is 0 Å². The summed E-state index contributed by atoms with van der Waals surface area (Å²) in [6, 6.07) is -1.03. The molecule has 4 N–H and O–H groups in total. The Bertz CT molecular complexity index is 429. The molecular formula is C12H20N4O2S. The van der Waals surface area contributed by atoms with E-state index in [1.165, 1.54) is 24.2 Å². The monoisotopic (exact) mass is 284 g/mol. The number of carboxylic acids is 1. The van der Waals surface area contributed by atoms with Crippen LogP contribution >= 0.6 is 11.3 Å².